The molecular weight excluding hydrogens is 410 g/mol. The van der Waals surface area contributed by atoms with Gasteiger partial charge in [0.2, 0.25) is 5.91 Å². The monoisotopic (exact) mass is 429 g/mol. The Labute approximate surface area is 177 Å². The number of thioether (sulfide) groups is 1. The maximum absolute atomic E-state index is 11.8. The summed E-state index contributed by atoms with van der Waals surface area (Å²) in [5.74, 6) is 0.784. The van der Waals surface area contributed by atoms with Crippen LogP contribution in [-0.4, -0.2) is 39.5 Å². The number of urea groups is 1. The van der Waals surface area contributed by atoms with Gasteiger partial charge in [0.1, 0.15) is 0 Å². The van der Waals surface area contributed by atoms with E-state index in [1.807, 2.05) is 47.9 Å². The summed E-state index contributed by atoms with van der Waals surface area (Å²) in [4.78, 5) is 23.0. The molecule has 9 heteroatoms. The average Bonchev–Trinajstić information content (AvgIpc) is 3.13. The van der Waals surface area contributed by atoms with Crippen molar-refractivity contribution in [2.75, 3.05) is 12.8 Å². The van der Waals surface area contributed by atoms with E-state index in [4.69, 9.17) is 11.6 Å². The van der Waals surface area contributed by atoms with E-state index < -0.39 is 6.03 Å². The van der Waals surface area contributed by atoms with Gasteiger partial charge in [0.15, 0.2) is 11.0 Å². The van der Waals surface area contributed by atoms with Crippen molar-refractivity contribution in [1.82, 2.24) is 25.4 Å². The number of rotatable bonds is 6. The smallest absolute Gasteiger partial charge is 0.321 e. The standard InChI is InChI=1S/C20H20ClN5O2S/c1-13-3-9-16(10-4-13)26-18(14-5-7-15(21)8-6-14)24-25-20(26)29-12-11-17(27)23-19(28)22-2/h3-10H,11-12H2,1-2H3,(H2,22,23,27,28). The number of hydrogen-bond acceptors (Lipinski definition) is 5. The van der Waals surface area contributed by atoms with E-state index in [1.54, 1.807) is 12.1 Å². The van der Waals surface area contributed by atoms with Crippen molar-refractivity contribution in [1.29, 1.82) is 0 Å². The Morgan fingerprint density at radius 1 is 1.07 bits per heavy atom. The Morgan fingerprint density at radius 3 is 2.41 bits per heavy atom. The van der Waals surface area contributed by atoms with Crippen molar-refractivity contribution >= 4 is 35.3 Å². The summed E-state index contributed by atoms with van der Waals surface area (Å²) in [7, 11) is 1.46. The molecule has 3 rings (SSSR count). The van der Waals surface area contributed by atoms with Gasteiger partial charge in [-0.1, -0.05) is 41.1 Å². The maximum atomic E-state index is 11.8. The van der Waals surface area contributed by atoms with Crippen LogP contribution in [0.3, 0.4) is 0 Å². The Morgan fingerprint density at radius 2 is 1.76 bits per heavy atom. The van der Waals surface area contributed by atoms with E-state index in [2.05, 4.69) is 20.8 Å². The maximum Gasteiger partial charge on any atom is 0.321 e. The van der Waals surface area contributed by atoms with Gasteiger partial charge in [0, 0.05) is 35.5 Å². The summed E-state index contributed by atoms with van der Waals surface area (Å²) in [6.45, 7) is 2.02. The van der Waals surface area contributed by atoms with Crippen LogP contribution in [0.5, 0.6) is 0 Å². The third-order valence-corrected chi connectivity index (χ3v) is 5.25. The van der Waals surface area contributed by atoms with E-state index in [9.17, 15) is 9.59 Å². The van der Waals surface area contributed by atoms with Crippen LogP contribution in [-0.2, 0) is 4.79 Å². The van der Waals surface area contributed by atoms with Crippen molar-refractivity contribution in [3.05, 3.63) is 59.1 Å². The van der Waals surface area contributed by atoms with E-state index in [0.29, 0.717) is 21.8 Å². The highest BCUT2D eigenvalue weighted by Crippen LogP contribution is 2.29. The summed E-state index contributed by atoms with van der Waals surface area (Å²) in [6, 6.07) is 14.9. The van der Waals surface area contributed by atoms with Crippen molar-refractivity contribution in [2.24, 2.45) is 0 Å². The third-order valence-electron chi connectivity index (χ3n) is 4.07. The van der Waals surface area contributed by atoms with Gasteiger partial charge < -0.3 is 5.32 Å². The summed E-state index contributed by atoms with van der Waals surface area (Å²) < 4.78 is 1.95. The van der Waals surface area contributed by atoms with Crippen LogP contribution < -0.4 is 10.6 Å². The molecule has 0 saturated carbocycles. The lowest BCUT2D eigenvalue weighted by atomic mass is 10.2. The zero-order chi connectivity index (χ0) is 20.8. The molecule has 0 atom stereocenters. The summed E-state index contributed by atoms with van der Waals surface area (Å²) >= 11 is 7.41. The number of imide groups is 1. The zero-order valence-corrected chi connectivity index (χ0v) is 17.5. The van der Waals surface area contributed by atoms with Crippen LogP contribution in [0.15, 0.2) is 53.7 Å². The number of carbonyl (C=O) groups is 2. The van der Waals surface area contributed by atoms with Crippen molar-refractivity contribution in [2.45, 2.75) is 18.5 Å². The minimum atomic E-state index is -0.521. The van der Waals surface area contributed by atoms with Crippen LogP contribution in [0, 0.1) is 6.92 Å². The molecular formula is C20H20ClN5O2S. The van der Waals surface area contributed by atoms with Crippen LogP contribution in [0.2, 0.25) is 5.02 Å². The molecule has 0 aliphatic heterocycles. The first-order valence-electron chi connectivity index (χ1n) is 8.90. The fourth-order valence-corrected chi connectivity index (χ4v) is 3.58. The van der Waals surface area contributed by atoms with Crippen molar-refractivity contribution < 1.29 is 9.59 Å². The molecule has 0 aliphatic carbocycles. The lowest BCUT2D eigenvalue weighted by Gasteiger charge is -2.11. The van der Waals surface area contributed by atoms with Crippen LogP contribution in [0.1, 0.15) is 12.0 Å². The molecule has 3 amide bonds. The van der Waals surface area contributed by atoms with Gasteiger partial charge in [-0.2, -0.15) is 0 Å². The summed E-state index contributed by atoms with van der Waals surface area (Å²) in [5, 5.41) is 14.6. The Bertz CT molecular complexity index is 1000. The quantitative estimate of drug-likeness (QED) is 0.581. The summed E-state index contributed by atoms with van der Waals surface area (Å²) in [6.07, 6.45) is 0.176. The van der Waals surface area contributed by atoms with Gasteiger partial charge in [-0.15, -0.1) is 10.2 Å². The van der Waals surface area contributed by atoms with Gasteiger partial charge in [0.05, 0.1) is 0 Å². The Balaban J connectivity index is 1.85. The number of nitrogens with one attached hydrogen (secondary N) is 2. The number of amides is 3. The molecule has 0 saturated heterocycles. The molecule has 2 aromatic carbocycles. The van der Waals surface area contributed by atoms with Crippen LogP contribution in [0.4, 0.5) is 4.79 Å². The first kappa shape index (κ1) is 20.9. The highest BCUT2D eigenvalue weighted by atomic mass is 35.5. The fourth-order valence-electron chi connectivity index (χ4n) is 2.56. The number of aromatic nitrogens is 3. The SMILES string of the molecule is CNC(=O)NC(=O)CCSc1nnc(-c2ccc(Cl)cc2)n1-c1ccc(C)cc1. The van der Waals surface area contributed by atoms with Crippen molar-refractivity contribution in [3.8, 4) is 17.1 Å². The first-order valence-corrected chi connectivity index (χ1v) is 10.3. The van der Waals surface area contributed by atoms with Crippen LogP contribution >= 0.6 is 23.4 Å². The minimum absolute atomic E-state index is 0.176. The van der Waals surface area contributed by atoms with Gasteiger partial charge in [-0.05, 0) is 43.3 Å². The molecule has 7 nitrogen and oxygen atoms in total. The average molecular weight is 430 g/mol. The number of carbonyl (C=O) groups excluding carboxylic acids is 2. The highest BCUT2D eigenvalue weighted by molar-refractivity contribution is 7.99. The molecule has 29 heavy (non-hydrogen) atoms. The molecule has 0 unspecified atom stereocenters. The molecule has 150 valence electrons. The predicted octanol–water partition coefficient (Wildman–Crippen LogP) is 3.83. The fraction of sp³-hybridized carbons (Fsp3) is 0.200. The van der Waals surface area contributed by atoms with E-state index in [0.717, 1.165) is 16.8 Å². The van der Waals surface area contributed by atoms with E-state index >= 15 is 0 Å². The highest BCUT2D eigenvalue weighted by Gasteiger charge is 2.17. The number of benzene rings is 2. The first-order chi connectivity index (χ1) is 14.0. The second-order valence-corrected chi connectivity index (χ2v) is 7.71. The van der Waals surface area contributed by atoms with Gasteiger partial charge >= 0.3 is 6.03 Å². The molecule has 0 radical (unpaired) electrons. The topological polar surface area (TPSA) is 88.9 Å². The molecule has 0 aliphatic rings. The number of aryl methyl sites for hydroxylation is 1. The van der Waals surface area contributed by atoms with Crippen molar-refractivity contribution in [3.63, 3.8) is 0 Å². The van der Waals surface area contributed by atoms with Gasteiger partial charge in [0.25, 0.3) is 0 Å². The Kier molecular flexibility index (Phi) is 6.90. The Hall–Kier alpha value is -2.84. The lowest BCUT2D eigenvalue weighted by Crippen LogP contribution is -2.37. The summed E-state index contributed by atoms with van der Waals surface area (Å²) in [5.41, 5.74) is 2.95. The third kappa shape index (κ3) is 5.36. The molecule has 0 bridgehead atoms. The van der Waals surface area contributed by atoms with Gasteiger partial charge in [-0.25, -0.2) is 4.79 Å². The van der Waals surface area contributed by atoms with Gasteiger partial charge in [-0.3, -0.25) is 14.7 Å². The largest absolute Gasteiger partial charge is 0.341 e. The predicted molar refractivity (Wildman–Crippen MR) is 114 cm³/mol. The normalized spacial score (nSPS) is 10.6. The minimum Gasteiger partial charge on any atom is -0.341 e. The lowest BCUT2D eigenvalue weighted by molar-refractivity contribution is -0.119. The molecule has 0 fully saturated rings. The molecule has 2 N–H and O–H groups in total. The zero-order valence-electron chi connectivity index (χ0n) is 16.0. The van der Waals surface area contributed by atoms with Crippen LogP contribution in [0.25, 0.3) is 17.1 Å². The number of hydrogen-bond donors (Lipinski definition) is 2. The molecule has 1 heterocycles. The molecule has 3 aromatic rings. The number of nitrogens with zero attached hydrogens (tertiary/aromatic N) is 3. The van der Waals surface area contributed by atoms with E-state index in [1.165, 1.54) is 18.8 Å². The second kappa shape index (κ2) is 9.58. The second-order valence-electron chi connectivity index (χ2n) is 6.21. The molecule has 1 aromatic heterocycles. The number of halogens is 1. The van der Waals surface area contributed by atoms with E-state index in [-0.39, 0.29) is 12.3 Å². The molecule has 0 spiro atoms.